The van der Waals surface area contributed by atoms with Gasteiger partial charge >= 0.3 is 6.09 Å². The second-order valence-corrected chi connectivity index (χ2v) is 7.79. The van der Waals surface area contributed by atoms with Crippen LogP contribution in [0.1, 0.15) is 31.9 Å². The van der Waals surface area contributed by atoms with Gasteiger partial charge in [0.25, 0.3) is 5.91 Å². The van der Waals surface area contributed by atoms with Crippen LogP contribution >= 0.6 is 0 Å². The van der Waals surface area contributed by atoms with Crippen molar-refractivity contribution in [3.05, 3.63) is 83.7 Å². The van der Waals surface area contributed by atoms with E-state index < -0.39 is 23.4 Å². The minimum Gasteiger partial charge on any atom is -0.445 e. The first-order valence-electron chi connectivity index (χ1n) is 10.3. The molecule has 0 aliphatic heterocycles. The van der Waals surface area contributed by atoms with E-state index in [9.17, 15) is 14.4 Å². The van der Waals surface area contributed by atoms with Crippen molar-refractivity contribution in [2.45, 2.75) is 39.5 Å². The maximum atomic E-state index is 13.0. The first-order chi connectivity index (χ1) is 15.2. The summed E-state index contributed by atoms with van der Waals surface area (Å²) in [5.74, 6) is -1.70. The first kappa shape index (κ1) is 24.5. The maximum Gasteiger partial charge on any atom is 0.408 e. The highest BCUT2D eigenvalue weighted by molar-refractivity contribution is 5.99. The number of hydrogen-bond donors (Lipinski definition) is 4. The van der Waals surface area contributed by atoms with Crippen molar-refractivity contribution in [3.63, 3.8) is 0 Å². The third kappa shape index (κ3) is 7.16. The number of hydrogen-bond acceptors (Lipinski definition) is 5. The van der Waals surface area contributed by atoms with Crippen molar-refractivity contribution in [3.8, 4) is 0 Å². The fraction of sp³-hybridized carbons (Fsp3) is 0.292. The van der Waals surface area contributed by atoms with Gasteiger partial charge in [-0.05, 0) is 24.0 Å². The number of primary amides is 1. The number of nitrogens with two attached hydrogens (primary N) is 1. The van der Waals surface area contributed by atoms with E-state index in [4.69, 9.17) is 10.5 Å². The third-order valence-electron chi connectivity index (χ3n) is 5.11. The highest BCUT2D eigenvalue weighted by atomic mass is 16.5. The van der Waals surface area contributed by atoms with E-state index in [1.54, 1.807) is 20.8 Å². The number of ether oxygens (including phenoxy) is 1. The number of alkyl carbamates (subject to hydrolysis) is 1. The molecule has 0 unspecified atom stereocenters. The fourth-order valence-electron chi connectivity index (χ4n) is 2.72. The molecule has 0 aliphatic carbocycles. The summed E-state index contributed by atoms with van der Waals surface area (Å²) >= 11 is 0. The summed E-state index contributed by atoms with van der Waals surface area (Å²) in [7, 11) is 0. The lowest BCUT2D eigenvalue weighted by Gasteiger charge is -2.33. The van der Waals surface area contributed by atoms with Crippen LogP contribution < -0.4 is 21.7 Å². The monoisotopic (exact) mass is 438 g/mol. The van der Waals surface area contributed by atoms with Gasteiger partial charge in [0.15, 0.2) is 0 Å². The number of carbonyl (C=O) groups excluding carboxylic acids is 3. The highest BCUT2D eigenvalue weighted by Gasteiger charge is 2.39. The van der Waals surface area contributed by atoms with E-state index in [0.717, 1.165) is 11.1 Å². The second-order valence-electron chi connectivity index (χ2n) is 7.79. The lowest BCUT2D eigenvalue weighted by molar-refractivity contribution is -0.129. The Morgan fingerprint density at radius 1 is 1.00 bits per heavy atom. The van der Waals surface area contributed by atoms with Gasteiger partial charge in [-0.3, -0.25) is 9.59 Å². The van der Waals surface area contributed by atoms with E-state index in [1.807, 2.05) is 60.7 Å². The molecule has 0 aliphatic rings. The summed E-state index contributed by atoms with van der Waals surface area (Å²) in [5, 5.41) is 8.09. The van der Waals surface area contributed by atoms with Gasteiger partial charge in [0.05, 0.1) is 0 Å². The van der Waals surface area contributed by atoms with Gasteiger partial charge in [-0.25, -0.2) is 4.79 Å². The molecule has 2 rings (SSSR count). The Bertz CT molecular complexity index is 945. The zero-order chi connectivity index (χ0) is 23.6. The molecule has 5 N–H and O–H groups in total. The van der Waals surface area contributed by atoms with Gasteiger partial charge < -0.3 is 26.4 Å². The van der Waals surface area contributed by atoms with Crippen LogP contribution in [0.4, 0.5) is 4.79 Å². The van der Waals surface area contributed by atoms with Crippen molar-refractivity contribution in [2.24, 2.45) is 11.7 Å². The molecule has 3 amide bonds. The number of rotatable bonds is 10. The fourth-order valence-corrected chi connectivity index (χ4v) is 2.72. The number of nitrogens with one attached hydrogen (secondary N) is 3. The SMILES string of the molecule is CC(C)[C@](C)(NC(=O)OCc1ccccc1)C(=O)NC(=CNCc1ccccc1)C(N)=O. The van der Waals surface area contributed by atoms with Gasteiger partial charge in [0.2, 0.25) is 5.91 Å². The van der Waals surface area contributed by atoms with E-state index >= 15 is 0 Å². The van der Waals surface area contributed by atoms with Gasteiger partial charge in [-0.15, -0.1) is 0 Å². The number of amides is 3. The summed E-state index contributed by atoms with van der Waals surface area (Å²) in [6, 6.07) is 18.7. The summed E-state index contributed by atoms with van der Waals surface area (Å²) in [6.07, 6.45) is 0.605. The molecule has 2 aromatic rings. The molecular weight excluding hydrogens is 408 g/mol. The Morgan fingerprint density at radius 3 is 2.09 bits per heavy atom. The van der Waals surface area contributed by atoms with Crippen LogP contribution in [-0.4, -0.2) is 23.4 Å². The molecule has 0 saturated carbocycles. The molecule has 0 aromatic heterocycles. The van der Waals surface area contributed by atoms with Crippen LogP contribution in [0.2, 0.25) is 0 Å². The number of benzene rings is 2. The molecular formula is C24H30N4O4. The van der Waals surface area contributed by atoms with Crippen LogP contribution in [0, 0.1) is 5.92 Å². The van der Waals surface area contributed by atoms with Gasteiger partial charge in [0.1, 0.15) is 17.8 Å². The van der Waals surface area contributed by atoms with Gasteiger partial charge in [-0.2, -0.15) is 0 Å². The lowest BCUT2D eigenvalue weighted by Crippen LogP contribution is -2.60. The maximum absolute atomic E-state index is 13.0. The molecule has 0 radical (unpaired) electrons. The largest absolute Gasteiger partial charge is 0.445 e. The Hall–Kier alpha value is -3.81. The summed E-state index contributed by atoms with van der Waals surface area (Å²) in [6.45, 7) is 5.63. The first-order valence-corrected chi connectivity index (χ1v) is 10.3. The summed E-state index contributed by atoms with van der Waals surface area (Å²) in [5.41, 5.74) is 5.78. The molecule has 0 spiro atoms. The minimum absolute atomic E-state index is 0.0678. The van der Waals surface area contributed by atoms with Crippen LogP contribution in [0.3, 0.4) is 0 Å². The molecule has 1 atom stereocenters. The Labute approximate surface area is 188 Å². The van der Waals surface area contributed by atoms with E-state index in [1.165, 1.54) is 6.20 Å². The lowest BCUT2D eigenvalue weighted by atomic mass is 9.87. The Balaban J connectivity index is 2.02. The average Bonchev–Trinajstić information content (AvgIpc) is 2.78. The molecule has 8 nitrogen and oxygen atoms in total. The average molecular weight is 439 g/mol. The van der Waals surface area contributed by atoms with Crippen LogP contribution in [0.25, 0.3) is 0 Å². The summed E-state index contributed by atoms with van der Waals surface area (Å²) < 4.78 is 5.24. The topological polar surface area (TPSA) is 123 Å². The molecule has 170 valence electrons. The van der Waals surface area contributed by atoms with Crippen molar-refractivity contribution < 1.29 is 19.1 Å². The quantitative estimate of drug-likeness (QED) is 0.425. The predicted molar refractivity (Wildman–Crippen MR) is 122 cm³/mol. The van der Waals surface area contributed by atoms with Crippen molar-refractivity contribution in [1.82, 2.24) is 16.0 Å². The van der Waals surface area contributed by atoms with Crippen molar-refractivity contribution in [2.75, 3.05) is 0 Å². The van der Waals surface area contributed by atoms with Gasteiger partial charge in [-0.1, -0.05) is 74.5 Å². The van der Waals surface area contributed by atoms with Crippen LogP contribution in [0.5, 0.6) is 0 Å². The van der Waals surface area contributed by atoms with E-state index in [2.05, 4.69) is 16.0 Å². The zero-order valence-electron chi connectivity index (χ0n) is 18.6. The number of carbonyl (C=O) groups is 3. The van der Waals surface area contributed by atoms with Crippen LogP contribution in [0.15, 0.2) is 72.6 Å². The van der Waals surface area contributed by atoms with Crippen LogP contribution in [-0.2, 0) is 27.5 Å². The van der Waals surface area contributed by atoms with Crippen molar-refractivity contribution in [1.29, 1.82) is 0 Å². The Kier molecular flexibility index (Phi) is 8.83. The zero-order valence-corrected chi connectivity index (χ0v) is 18.6. The third-order valence-corrected chi connectivity index (χ3v) is 5.11. The molecule has 0 fully saturated rings. The smallest absolute Gasteiger partial charge is 0.408 e. The molecule has 0 bridgehead atoms. The molecule has 8 heteroatoms. The normalized spacial score (nSPS) is 13.1. The minimum atomic E-state index is -1.35. The molecule has 0 heterocycles. The van der Waals surface area contributed by atoms with E-state index in [0.29, 0.717) is 6.54 Å². The predicted octanol–water partition coefficient (Wildman–Crippen LogP) is 2.56. The highest BCUT2D eigenvalue weighted by Crippen LogP contribution is 2.18. The van der Waals surface area contributed by atoms with E-state index in [-0.39, 0.29) is 18.2 Å². The molecule has 0 saturated heterocycles. The standard InChI is InChI=1S/C24H30N4O4/c1-17(2)24(3,28-23(31)32-16-19-12-8-5-9-13-19)22(30)27-20(21(25)29)15-26-14-18-10-6-4-7-11-18/h4-13,15,17,26H,14,16H2,1-3H3,(H2,25,29)(H,27,30)(H,28,31)/t24-/m0/s1. The second kappa shape index (κ2) is 11.5. The Morgan fingerprint density at radius 2 is 1.56 bits per heavy atom. The van der Waals surface area contributed by atoms with Gasteiger partial charge in [0, 0.05) is 12.7 Å². The molecule has 32 heavy (non-hydrogen) atoms. The molecule has 2 aromatic carbocycles. The summed E-state index contributed by atoms with van der Waals surface area (Å²) in [4.78, 5) is 37.2. The van der Waals surface area contributed by atoms with Crippen molar-refractivity contribution >= 4 is 17.9 Å².